The van der Waals surface area contributed by atoms with E-state index in [1.54, 1.807) is 0 Å². The van der Waals surface area contributed by atoms with Crippen molar-refractivity contribution in [2.24, 2.45) is 22.7 Å². The summed E-state index contributed by atoms with van der Waals surface area (Å²) in [7, 11) is 0. The summed E-state index contributed by atoms with van der Waals surface area (Å²) in [6.45, 7) is 4.45. The third-order valence-electron chi connectivity index (χ3n) is 9.17. The smallest absolute Gasteiger partial charge is 0.304 e. The fourth-order valence-electron chi connectivity index (χ4n) is 7.85. The van der Waals surface area contributed by atoms with E-state index in [-0.39, 0.29) is 24.0 Å². The van der Waals surface area contributed by atoms with Crippen LogP contribution in [-0.2, 0) is 23.7 Å². The van der Waals surface area contributed by atoms with Crippen LogP contribution in [-0.4, -0.2) is 55.5 Å². The van der Waals surface area contributed by atoms with Crippen molar-refractivity contribution in [1.29, 1.82) is 0 Å². The van der Waals surface area contributed by atoms with Crippen LogP contribution in [0.4, 0.5) is 0 Å². The predicted molar refractivity (Wildman–Crippen MR) is 108 cm³/mol. The maximum atomic E-state index is 12.1. The van der Waals surface area contributed by atoms with Crippen molar-refractivity contribution in [2.45, 2.75) is 69.9 Å². The highest BCUT2D eigenvalue weighted by Crippen LogP contribution is 2.65. The molecule has 8 bridgehead atoms. The van der Waals surface area contributed by atoms with Gasteiger partial charge in [-0.2, -0.15) is 0 Å². The summed E-state index contributed by atoms with van der Waals surface area (Å²) in [5.41, 5.74) is 2.19. The molecule has 0 aromatic heterocycles. The third-order valence-corrected chi connectivity index (χ3v) is 9.17. The van der Waals surface area contributed by atoms with Gasteiger partial charge in [0.15, 0.2) is 5.79 Å². The maximum absolute atomic E-state index is 12.1. The lowest BCUT2D eigenvalue weighted by Gasteiger charge is -2.58. The Bertz CT molecular complexity index is 819. The molecule has 164 valence electrons. The SMILES string of the molecule is C[C@@]12CC=C3[C@H]4CC=C5CC6(OCCOC6C[C@@]53CC(=O)O)OCCOC1CC[C@H]42. The zero-order chi connectivity index (χ0) is 20.6. The minimum Gasteiger partial charge on any atom is -0.481 e. The van der Waals surface area contributed by atoms with Crippen LogP contribution in [0.3, 0.4) is 0 Å². The van der Waals surface area contributed by atoms with Crippen LogP contribution in [0.5, 0.6) is 0 Å². The summed E-state index contributed by atoms with van der Waals surface area (Å²) in [5, 5.41) is 9.97. The number of carbonyl (C=O) groups is 1. The quantitative estimate of drug-likeness (QED) is 0.695. The van der Waals surface area contributed by atoms with E-state index in [1.807, 2.05) is 0 Å². The Kier molecular flexibility index (Phi) is 4.31. The molecule has 3 fully saturated rings. The van der Waals surface area contributed by atoms with Crippen molar-refractivity contribution in [2.75, 3.05) is 26.4 Å². The number of hydrogen-bond acceptors (Lipinski definition) is 5. The summed E-state index contributed by atoms with van der Waals surface area (Å²) >= 11 is 0. The topological polar surface area (TPSA) is 74.2 Å². The van der Waals surface area contributed by atoms with Crippen LogP contribution < -0.4 is 0 Å². The molecular formula is C24H32O6. The Morgan fingerprint density at radius 1 is 1.10 bits per heavy atom. The van der Waals surface area contributed by atoms with Gasteiger partial charge in [0.2, 0.25) is 0 Å². The first-order valence-electron chi connectivity index (χ1n) is 11.6. The van der Waals surface area contributed by atoms with Crippen LogP contribution in [0.1, 0.15) is 51.9 Å². The van der Waals surface area contributed by atoms with Gasteiger partial charge in [0.1, 0.15) is 6.10 Å². The monoisotopic (exact) mass is 416 g/mol. The summed E-state index contributed by atoms with van der Waals surface area (Å²) in [6, 6.07) is 0. The molecule has 4 aliphatic heterocycles. The average molecular weight is 417 g/mol. The van der Waals surface area contributed by atoms with Crippen molar-refractivity contribution in [3.63, 3.8) is 0 Å². The highest BCUT2D eigenvalue weighted by Gasteiger charge is 2.62. The Morgan fingerprint density at radius 3 is 2.63 bits per heavy atom. The largest absolute Gasteiger partial charge is 0.481 e. The fraction of sp³-hybridized carbons (Fsp3) is 0.792. The molecule has 7 atom stereocenters. The van der Waals surface area contributed by atoms with Crippen molar-refractivity contribution in [3.8, 4) is 0 Å². The lowest BCUT2D eigenvalue weighted by atomic mass is 9.50. The molecule has 6 heteroatoms. The zero-order valence-electron chi connectivity index (χ0n) is 17.7. The first-order valence-corrected chi connectivity index (χ1v) is 11.6. The van der Waals surface area contributed by atoms with Crippen LogP contribution in [0, 0.1) is 22.7 Å². The van der Waals surface area contributed by atoms with Gasteiger partial charge in [-0.05, 0) is 43.9 Å². The summed E-state index contributed by atoms with van der Waals surface area (Å²) < 4.78 is 25.2. The molecule has 6 nitrogen and oxygen atoms in total. The molecule has 3 unspecified atom stereocenters. The number of ether oxygens (including phenoxy) is 4. The van der Waals surface area contributed by atoms with Crippen LogP contribution in [0.2, 0.25) is 0 Å². The molecule has 1 N–H and O–H groups in total. The van der Waals surface area contributed by atoms with Crippen molar-refractivity contribution in [3.05, 3.63) is 23.3 Å². The summed E-state index contributed by atoms with van der Waals surface area (Å²) in [4.78, 5) is 12.1. The normalized spacial score (nSPS) is 49.5. The molecule has 4 aliphatic carbocycles. The molecule has 2 saturated carbocycles. The van der Waals surface area contributed by atoms with Gasteiger partial charge in [-0.25, -0.2) is 0 Å². The number of carboxylic acid groups (broad SMARTS) is 1. The standard InChI is InChI=1S/C24H32O6/c1-22-7-6-18-16-3-2-15-12-24(29-10-8-27-19(22)5-4-17(16)22)20(28-9-11-30-24)13-23(15,18)14-21(25)26/h2,6,16-17,19-20H,3-5,7-14H2,1H3,(H,25,26)/t16-,17+,19?,20?,22-,23+,24?/m0/s1. The molecule has 1 saturated heterocycles. The lowest BCUT2D eigenvalue weighted by Crippen LogP contribution is -2.61. The van der Waals surface area contributed by atoms with Gasteiger partial charge in [0, 0.05) is 17.3 Å². The maximum Gasteiger partial charge on any atom is 0.304 e. The van der Waals surface area contributed by atoms with E-state index in [9.17, 15) is 9.90 Å². The van der Waals surface area contributed by atoms with Gasteiger partial charge in [-0.3, -0.25) is 4.79 Å². The highest BCUT2D eigenvalue weighted by atomic mass is 16.7. The van der Waals surface area contributed by atoms with Crippen LogP contribution in [0.25, 0.3) is 0 Å². The van der Waals surface area contributed by atoms with E-state index in [0.29, 0.717) is 51.1 Å². The van der Waals surface area contributed by atoms with Crippen molar-refractivity contribution in [1.82, 2.24) is 0 Å². The molecule has 8 rings (SSSR count). The minimum absolute atomic E-state index is 0.119. The highest BCUT2D eigenvalue weighted by molar-refractivity contribution is 5.70. The number of hydrogen-bond donors (Lipinski definition) is 1. The molecule has 8 aliphatic rings. The second kappa shape index (κ2) is 6.64. The number of allylic oxidation sites excluding steroid dienone is 3. The summed E-state index contributed by atoms with van der Waals surface area (Å²) in [5.74, 6) is -0.613. The molecule has 1 spiro atoms. The van der Waals surface area contributed by atoms with E-state index in [2.05, 4.69) is 19.1 Å². The van der Waals surface area contributed by atoms with E-state index >= 15 is 0 Å². The molecular weight excluding hydrogens is 384 g/mol. The molecule has 0 radical (unpaired) electrons. The number of aliphatic carboxylic acids is 1. The minimum atomic E-state index is -0.822. The lowest BCUT2D eigenvalue weighted by molar-refractivity contribution is -0.338. The van der Waals surface area contributed by atoms with Crippen molar-refractivity contribution >= 4 is 5.97 Å². The van der Waals surface area contributed by atoms with Gasteiger partial charge in [-0.1, -0.05) is 30.2 Å². The van der Waals surface area contributed by atoms with Crippen LogP contribution in [0.15, 0.2) is 23.3 Å². The van der Waals surface area contributed by atoms with Crippen LogP contribution >= 0.6 is 0 Å². The molecule has 0 aromatic rings. The molecule has 4 heterocycles. The third kappa shape index (κ3) is 2.54. The zero-order valence-corrected chi connectivity index (χ0v) is 17.7. The Labute approximate surface area is 177 Å². The molecule has 0 aromatic carbocycles. The first-order chi connectivity index (χ1) is 14.5. The van der Waals surface area contributed by atoms with Gasteiger partial charge >= 0.3 is 5.97 Å². The van der Waals surface area contributed by atoms with Crippen molar-refractivity contribution < 1.29 is 28.8 Å². The Hall–Kier alpha value is -1.21. The van der Waals surface area contributed by atoms with Gasteiger partial charge in [0.25, 0.3) is 0 Å². The second-order valence-corrected chi connectivity index (χ2v) is 10.4. The van der Waals surface area contributed by atoms with E-state index < -0.39 is 17.2 Å². The molecule has 0 amide bonds. The number of rotatable bonds is 2. The van der Waals surface area contributed by atoms with E-state index in [4.69, 9.17) is 18.9 Å². The first kappa shape index (κ1) is 19.5. The Morgan fingerprint density at radius 2 is 1.87 bits per heavy atom. The van der Waals surface area contributed by atoms with E-state index in [0.717, 1.165) is 25.7 Å². The van der Waals surface area contributed by atoms with Gasteiger partial charge in [-0.15, -0.1) is 0 Å². The number of fused-ring (bicyclic) bond motifs is 1. The Balaban J connectivity index is 1.52. The number of carboxylic acids is 1. The predicted octanol–water partition coefficient (Wildman–Crippen LogP) is 3.46. The van der Waals surface area contributed by atoms with Gasteiger partial charge in [0.05, 0.1) is 39.0 Å². The van der Waals surface area contributed by atoms with E-state index in [1.165, 1.54) is 11.1 Å². The molecule has 30 heavy (non-hydrogen) atoms. The average Bonchev–Trinajstić information content (AvgIpc) is 3.06. The second-order valence-electron chi connectivity index (χ2n) is 10.4. The summed E-state index contributed by atoms with van der Waals surface area (Å²) in [6.07, 6.45) is 10.2. The fourth-order valence-corrected chi connectivity index (χ4v) is 7.85. The van der Waals surface area contributed by atoms with Gasteiger partial charge < -0.3 is 24.1 Å².